The van der Waals surface area contributed by atoms with Gasteiger partial charge in [0, 0.05) is 11.1 Å². The zero-order chi connectivity index (χ0) is 8.72. The van der Waals surface area contributed by atoms with Crippen molar-refractivity contribution in [3.8, 4) is 5.75 Å². The maximum absolute atomic E-state index is 10.7. The molecule has 0 spiro atoms. The first-order valence-electron chi connectivity index (χ1n) is 3.18. The maximum Gasteiger partial charge on any atom is 0.417 e. The number of fused-ring (bicyclic) bond motifs is 1. The lowest BCUT2D eigenvalue weighted by molar-refractivity contribution is 0.458. The molecule has 0 atom stereocenters. The van der Waals surface area contributed by atoms with Crippen LogP contribution in [-0.2, 0) is 0 Å². The molecule has 0 unspecified atom stereocenters. The van der Waals surface area contributed by atoms with Gasteiger partial charge in [-0.25, -0.2) is 4.79 Å². The van der Waals surface area contributed by atoms with E-state index in [-0.39, 0.29) is 11.3 Å². The predicted octanol–water partition coefficient (Wildman–Crippen LogP) is 1.48. The number of H-pyrrole nitrogens is 1. The van der Waals surface area contributed by atoms with E-state index in [1.54, 1.807) is 0 Å². The Hall–Kier alpha value is -1.42. The van der Waals surface area contributed by atoms with Gasteiger partial charge in [0.25, 0.3) is 0 Å². The average molecular weight is 186 g/mol. The SMILES string of the molecule is O=c1[nH]c2cc(Cl)cc(O)c2o1. The predicted molar refractivity (Wildman–Crippen MR) is 43.5 cm³/mol. The first-order chi connectivity index (χ1) is 5.66. The summed E-state index contributed by atoms with van der Waals surface area (Å²) in [5.41, 5.74) is 0.523. The molecule has 1 heterocycles. The molecule has 4 nitrogen and oxygen atoms in total. The van der Waals surface area contributed by atoms with Crippen LogP contribution in [0.4, 0.5) is 0 Å². The third-order valence-electron chi connectivity index (χ3n) is 1.47. The highest BCUT2D eigenvalue weighted by atomic mass is 35.5. The fourth-order valence-corrected chi connectivity index (χ4v) is 1.22. The van der Waals surface area contributed by atoms with Gasteiger partial charge >= 0.3 is 5.76 Å². The molecule has 2 aromatic rings. The number of halogens is 1. The second-order valence-electron chi connectivity index (χ2n) is 2.32. The van der Waals surface area contributed by atoms with Crippen molar-refractivity contribution in [1.29, 1.82) is 0 Å². The van der Waals surface area contributed by atoms with Gasteiger partial charge in [0.05, 0.1) is 5.52 Å². The van der Waals surface area contributed by atoms with Crippen molar-refractivity contribution in [3.05, 3.63) is 27.7 Å². The maximum atomic E-state index is 10.7. The Bertz CT molecular complexity index is 485. The Morgan fingerprint density at radius 2 is 2.25 bits per heavy atom. The minimum atomic E-state index is -0.609. The summed E-state index contributed by atoms with van der Waals surface area (Å²) in [5.74, 6) is -0.751. The van der Waals surface area contributed by atoms with Crippen LogP contribution in [0.5, 0.6) is 5.75 Å². The summed E-state index contributed by atoms with van der Waals surface area (Å²) in [6, 6.07) is 2.81. The van der Waals surface area contributed by atoms with Crippen molar-refractivity contribution in [2.45, 2.75) is 0 Å². The van der Waals surface area contributed by atoms with Crippen molar-refractivity contribution in [2.75, 3.05) is 0 Å². The number of phenolic OH excluding ortho intramolecular Hbond substituents is 1. The molecule has 0 bridgehead atoms. The molecule has 2 N–H and O–H groups in total. The van der Waals surface area contributed by atoms with Gasteiger partial charge in [0.15, 0.2) is 11.3 Å². The van der Waals surface area contributed by atoms with E-state index in [1.165, 1.54) is 12.1 Å². The molecule has 0 aliphatic rings. The summed E-state index contributed by atoms with van der Waals surface area (Å²) in [6.45, 7) is 0. The Labute approximate surface area is 71.4 Å². The molecule has 0 saturated carbocycles. The number of rotatable bonds is 0. The highest BCUT2D eigenvalue weighted by molar-refractivity contribution is 6.31. The van der Waals surface area contributed by atoms with Crippen LogP contribution in [0.1, 0.15) is 0 Å². The van der Waals surface area contributed by atoms with Gasteiger partial charge in [-0.2, -0.15) is 0 Å². The highest BCUT2D eigenvalue weighted by Crippen LogP contribution is 2.26. The smallest absolute Gasteiger partial charge is 0.417 e. The van der Waals surface area contributed by atoms with Crippen molar-refractivity contribution >= 4 is 22.7 Å². The van der Waals surface area contributed by atoms with Gasteiger partial charge in [-0.15, -0.1) is 0 Å². The van der Waals surface area contributed by atoms with Crippen LogP contribution >= 0.6 is 11.6 Å². The molecule has 5 heteroatoms. The van der Waals surface area contributed by atoms with Crippen LogP contribution in [0.2, 0.25) is 5.02 Å². The number of hydrogen-bond acceptors (Lipinski definition) is 3. The fourth-order valence-electron chi connectivity index (χ4n) is 1.01. The van der Waals surface area contributed by atoms with Crippen LogP contribution in [0.3, 0.4) is 0 Å². The minimum Gasteiger partial charge on any atom is -0.504 e. The van der Waals surface area contributed by atoms with Gasteiger partial charge in [-0.3, -0.25) is 4.98 Å². The fraction of sp³-hybridized carbons (Fsp3) is 0. The molecule has 1 aromatic carbocycles. The van der Waals surface area contributed by atoms with Crippen LogP contribution in [0.25, 0.3) is 11.1 Å². The molecule has 2 rings (SSSR count). The summed E-state index contributed by atoms with van der Waals surface area (Å²) < 4.78 is 4.63. The molecule has 62 valence electrons. The Morgan fingerprint density at radius 1 is 1.50 bits per heavy atom. The Balaban J connectivity index is 2.97. The van der Waals surface area contributed by atoms with Gasteiger partial charge in [-0.05, 0) is 6.07 Å². The van der Waals surface area contributed by atoms with Gasteiger partial charge in [0.1, 0.15) is 0 Å². The number of aromatic hydroxyl groups is 1. The lowest BCUT2D eigenvalue weighted by atomic mass is 10.3. The lowest BCUT2D eigenvalue weighted by Crippen LogP contribution is -1.92. The molecule has 0 saturated heterocycles. The molecule has 0 fully saturated rings. The van der Waals surface area contributed by atoms with Gasteiger partial charge < -0.3 is 9.52 Å². The van der Waals surface area contributed by atoms with Crippen molar-refractivity contribution in [1.82, 2.24) is 4.98 Å². The van der Waals surface area contributed by atoms with Gasteiger partial charge in [-0.1, -0.05) is 11.6 Å². The van der Waals surface area contributed by atoms with E-state index in [2.05, 4.69) is 9.40 Å². The standard InChI is InChI=1S/C7H4ClNO3/c8-3-1-4-6(5(10)2-3)12-7(11)9-4/h1-2,10H,(H,9,11). The van der Waals surface area contributed by atoms with E-state index in [0.29, 0.717) is 10.5 Å². The lowest BCUT2D eigenvalue weighted by Gasteiger charge is -1.92. The van der Waals surface area contributed by atoms with Gasteiger partial charge in [0.2, 0.25) is 0 Å². The summed E-state index contributed by atoms with van der Waals surface area (Å²) in [7, 11) is 0. The third-order valence-corrected chi connectivity index (χ3v) is 1.68. The molecular weight excluding hydrogens is 182 g/mol. The molecule has 1 aromatic heterocycles. The summed E-state index contributed by atoms with van der Waals surface area (Å²) in [5, 5.41) is 9.57. The van der Waals surface area contributed by atoms with E-state index >= 15 is 0 Å². The van der Waals surface area contributed by atoms with Crippen LogP contribution < -0.4 is 5.76 Å². The third kappa shape index (κ3) is 0.967. The number of aromatic amines is 1. The number of benzene rings is 1. The summed E-state index contributed by atoms with van der Waals surface area (Å²) >= 11 is 5.61. The Morgan fingerprint density at radius 3 is 3.00 bits per heavy atom. The summed E-state index contributed by atoms with van der Waals surface area (Å²) in [6.07, 6.45) is 0. The largest absolute Gasteiger partial charge is 0.504 e. The van der Waals surface area contributed by atoms with E-state index in [4.69, 9.17) is 11.6 Å². The van der Waals surface area contributed by atoms with E-state index in [0.717, 1.165) is 0 Å². The first-order valence-corrected chi connectivity index (χ1v) is 3.56. The van der Waals surface area contributed by atoms with E-state index in [9.17, 15) is 9.90 Å². The topological polar surface area (TPSA) is 66.2 Å². The quantitative estimate of drug-likeness (QED) is 0.653. The highest BCUT2D eigenvalue weighted by Gasteiger charge is 2.06. The van der Waals surface area contributed by atoms with Crippen molar-refractivity contribution < 1.29 is 9.52 Å². The molecule has 0 radical (unpaired) electrons. The molecular formula is C7H4ClNO3. The second-order valence-corrected chi connectivity index (χ2v) is 2.75. The van der Waals surface area contributed by atoms with Crippen molar-refractivity contribution in [2.24, 2.45) is 0 Å². The van der Waals surface area contributed by atoms with Crippen LogP contribution in [0.15, 0.2) is 21.3 Å². The average Bonchev–Trinajstić information content (AvgIpc) is 2.29. The molecule has 0 aliphatic heterocycles. The van der Waals surface area contributed by atoms with Crippen molar-refractivity contribution in [3.63, 3.8) is 0 Å². The number of phenols is 1. The number of nitrogens with one attached hydrogen (secondary N) is 1. The van der Waals surface area contributed by atoms with Crippen LogP contribution in [0, 0.1) is 0 Å². The normalized spacial score (nSPS) is 10.8. The molecule has 0 aliphatic carbocycles. The first kappa shape index (κ1) is 7.24. The monoisotopic (exact) mass is 185 g/mol. The van der Waals surface area contributed by atoms with E-state index in [1.807, 2.05) is 0 Å². The van der Waals surface area contributed by atoms with E-state index < -0.39 is 5.76 Å². The number of aromatic nitrogens is 1. The molecule has 12 heavy (non-hydrogen) atoms. The Kier molecular flexibility index (Phi) is 1.38. The van der Waals surface area contributed by atoms with Crippen LogP contribution in [-0.4, -0.2) is 10.1 Å². The zero-order valence-corrected chi connectivity index (χ0v) is 6.55. The zero-order valence-electron chi connectivity index (χ0n) is 5.80. The minimum absolute atomic E-state index is 0.129. The second kappa shape index (κ2) is 2.28. The number of oxazole rings is 1. The molecule has 0 amide bonds. The number of hydrogen-bond donors (Lipinski definition) is 2. The summed E-state index contributed by atoms with van der Waals surface area (Å²) in [4.78, 5) is 13.0.